The van der Waals surface area contributed by atoms with Gasteiger partial charge in [-0.15, -0.1) is 0 Å². The SMILES string of the molecule is CCCN1C(=O)/C(=C\c2c(N3C[C@H](C)C[C@@H](C)C3)nc3c(C)cccn3c2=O)SC1=S. The average Bonchev–Trinajstić information content (AvgIpc) is 2.97. The summed E-state index contributed by atoms with van der Waals surface area (Å²) in [6, 6.07) is 3.81. The van der Waals surface area contributed by atoms with Crippen molar-refractivity contribution >= 4 is 51.7 Å². The van der Waals surface area contributed by atoms with Crippen LogP contribution in [0.3, 0.4) is 0 Å². The summed E-state index contributed by atoms with van der Waals surface area (Å²) in [5.41, 5.74) is 1.90. The van der Waals surface area contributed by atoms with Gasteiger partial charge in [0.25, 0.3) is 11.5 Å². The lowest BCUT2D eigenvalue weighted by Crippen LogP contribution is -2.40. The van der Waals surface area contributed by atoms with Crippen LogP contribution in [-0.4, -0.2) is 44.1 Å². The first-order chi connectivity index (χ1) is 14.8. The molecule has 0 bridgehead atoms. The second-order valence-electron chi connectivity index (χ2n) is 8.72. The van der Waals surface area contributed by atoms with E-state index < -0.39 is 0 Å². The first kappa shape index (κ1) is 22.0. The van der Waals surface area contributed by atoms with Crippen LogP contribution in [0.2, 0.25) is 0 Å². The number of anilines is 1. The number of carbonyl (C=O) groups excluding carboxylic acids is 1. The van der Waals surface area contributed by atoms with Crippen LogP contribution in [0.1, 0.15) is 44.7 Å². The Labute approximate surface area is 192 Å². The van der Waals surface area contributed by atoms with E-state index in [1.807, 2.05) is 26.0 Å². The number of aryl methyl sites for hydroxylation is 1. The molecule has 2 saturated heterocycles. The highest BCUT2D eigenvalue weighted by atomic mass is 32.2. The molecule has 2 aromatic heterocycles. The van der Waals surface area contributed by atoms with Crippen molar-refractivity contribution in [3.8, 4) is 0 Å². The van der Waals surface area contributed by atoms with Crippen molar-refractivity contribution < 1.29 is 4.79 Å². The molecule has 0 radical (unpaired) electrons. The molecule has 2 aliphatic heterocycles. The van der Waals surface area contributed by atoms with Crippen LogP contribution in [0, 0.1) is 18.8 Å². The van der Waals surface area contributed by atoms with Crippen molar-refractivity contribution in [3.63, 3.8) is 0 Å². The number of fused-ring (bicyclic) bond motifs is 1. The lowest BCUT2D eigenvalue weighted by atomic mass is 9.91. The van der Waals surface area contributed by atoms with Gasteiger partial charge in [-0.25, -0.2) is 4.98 Å². The van der Waals surface area contributed by atoms with Gasteiger partial charge >= 0.3 is 0 Å². The number of aromatic nitrogens is 2. The fraction of sp³-hybridized carbons (Fsp3) is 0.478. The molecule has 1 amide bonds. The summed E-state index contributed by atoms with van der Waals surface area (Å²) in [6.45, 7) is 10.7. The van der Waals surface area contributed by atoms with E-state index in [0.29, 0.717) is 44.6 Å². The Hall–Kier alpha value is -2.19. The van der Waals surface area contributed by atoms with E-state index in [4.69, 9.17) is 17.2 Å². The molecule has 2 aromatic rings. The van der Waals surface area contributed by atoms with Crippen molar-refractivity contribution in [2.45, 2.75) is 40.5 Å². The molecule has 164 valence electrons. The third kappa shape index (κ3) is 4.15. The Balaban J connectivity index is 1.89. The van der Waals surface area contributed by atoms with Crippen LogP contribution in [0.15, 0.2) is 28.0 Å². The fourth-order valence-electron chi connectivity index (χ4n) is 4.55. The minimum absolute atomic E-state index is 0.128. The molecular formula is C23H28N4O2S2. The molecule has 2 atom stereocenters. The van der Waals surface area contributed by atoms with Crippen LogP contribution in [-0.2, 0) is 4.79 Å². The second-order valence-corrected chi connectivity index (χ2v) is 10.4. The van der Waals surface area contributed by atoms with Gasteiger partial charge in [0.15, 0.2) is 0 Å². The lowest BCUT2D eigenvalue weighted by molar-refractivity contribution is -0.122. The van der Waals surface area contributed by atoms with Crippen LogP contribution in [0.25, 0.3) is 11.7 Å². The maximum atomic E-state index is 13.6. The summed E-state index contributed by atoms with van der Waals surface area (Å²) in [6.07, 6.45) is 5.43. The molecule has 8 heteroatoms. The summed E-state index contributed by atoms with van der Waals surface area (Å²) < 4.78 is 2.12. The molecule has 0 N–H and O–H groups in total. The van der Waals surface area contributed by atoms with Gasteiger partial charge in [0.05, 0.1) is 10.5 Å². The Morgan fingerprint density at radius 2 is 1.97 bits per heavy atom. The third-order valence-electron chi connectivity index (χ3n) is 5.83. The van der Waals surface area contributed by atoms with Gasteiger partial charge in [-0.2, -0.15) is 0 Å². The lowest BCUT2D eigenvalue weighted by Gasteiger charge is -2.36. The number of thiocarbonyl (C=S) groups is 1. The number of pyridine rings is 1. The average molecular weight is 457 g/mol. The number of thioether (sulfide) groups is 1. The summed E-state index contributed by atoms with van der Waals surface area (Å²) in [7, 11) is 0. The highest BCUT2D eigenvalue weighted by molar-refractivity contribution is 8.26. The maximum absolute atomic E-state index is 13.6. The van der Waals surface area contributed by atoms with Gasteiger partial charge < -0.3 is 4.90 Å². The topological polar surface area (TPSA) is 57.9 Å². The van der Waals surface area contributed by atoms with Gasteiger partial charge in [-0.1, -0.05) is 50.8 Å². The molecule has 6 nitrogen and oxygen atoms in total. The van der Waals surface area contributed by atoms with E-state index in [0.717, 1.165) is 31.5 Å². The number of hydrogen-bond acceptors (Lipinski definition) is 6. The molecule has 0 aliphatic carbocycles. The van der Waals surface area contributed by atoms with E-state index in [1.165, 1.54) is 11.8 Å². The van der Waals surface area contributed by atoms with Crippen LogP contribution in [0.4, 0.5) is 5.82 Å². The fourth-order valence-corrected chi connectivity index (χ4v) is 5.84. The van der Waals surface area contributed by atoms with Crippen molar-refractivity contribution in [1.82, 2.24) is 14.3 Å². The molecule has 4 heterocycles. The van der Waals surface area contributed by atoms with Crippen LogP contribution < -0.4 is 10.5 Å². The first-order valence-electron chi connectivity index (χ1n) is 10.8. The van der Waals surface area contributed by atoms with Gasteiger partial charge in [0, 0.05) is 25.8 Å². The normalized spacial score (nSPS) is 23.4. The zero-order valence-corrected chi connectivity index (χ0v) is 20.1. The Kier molecular flexibility index (Phi) is 6.21. The Morgan fingerprint density at radius 3 is 2.65 bits per heavy atom. The van der Waals surface area contributed by atoms with Crippen LogP contribution >= 0.6 is 24.0 Å². The van der Waals surface area contributed by atoms with E-state index in [-0.39, 0.29) is 11.5 Å². The number of rotatable bonds is 4. The van der Waals surface area contributed by atoms with Crippen molar-refractivity contribution in [2.75, 3.05) is 24.5 Å². The van der Waals surface area contributed by atoms with E-state index in [1.54, 1.807) is 21.6 Å². The molecule has 2 fully saturated rings. The number of piperidine rings is 1. The minimum Gasteiger partial charge on any atom is -0.355 e. The minimum atomic E-state index is -0.157. The third-order valence-corrected chi connectivity index (χ3v) is 7.21. The predicted molar refractivity (Wildman–Crippen MR) is 132 cm³/mol. The zero-order valence-electron chi connectivity index (χ0n) is 18.4. The van der Waals surface area contributed by atoms with Gasteiger partial charge in [-0.3, -0.25) is 18.9 Å². The number of amides is 1. The summed E-state index contributed by atoms with van der Waals surface area (Å²) >= 11 is 6.67. The predicted octanol–water partition coefficient (Wildman–Crippen LogP) is 4.10. The second kappa shape index (κ2) is 8.74. The highest BCUT2D eigenvalue weighted by Gasteiger charge is 2.33. The molecule has 0 saturated carbocycles. The van der Waals surface area contributed by atoms with Gasteiger partial charge in [-0.05, 0) is 49.3 Å². The molecule has 31 heavy (non-hydrogen) atoms. The van der Waals surface area contributed by atoms with Crippen molar-refractivity contribution in [2.24, 2.45) is 11.8 Å². The Morgan fingerprint density at radius 1 is 1.26 bits per heavy atom. The van der Waals surface area contributed by atoms with Gasteiger partial charge in [0.2, 0.25) is 0 Å². The number of hydrogen-bond donors (Lipinski definition) is 0. The summed E-state index contributed by atoms with van der Waals surface area (Å²) in [5.74, 6) is 1.56. The zero-order chi connectivity index (χ0) is 22.3. The molecule has 0 unspecified atom stereocenters. The molecule has 0 aromatic carbocycles. The van der Waals surface area contributed by atoms with Crippen molar-refractivity contribution in [3.05, 3.63) is 44.7 Å². The van der Waals surface area contributed by atoms with E-state index >= 15 is 0 Å². The molecule has 4 rings (SSSR count). The molecular weight excluding hydrogens is 428 g/mol. The van der Waals surface area contributed by atoms with Crippen molar-refractivity contribution in [1.29, 1.82) is 0 Å². The number of carbonyl (C=O) groups is 1. The standard InChI is InChI=1S/C23H28N4O2S2/c1-5-8-27-22(29)18(31-23(27)30)11-17-20(25-12-14(2)10-15(3)13-25)24-19-16(4)7-6-9-26(19)21(17)28/h6-7,9,11,14-15H,5,8,10,12-13H2,1-4H3/b18-11+/t14-,15-/m1/s1. The van der Waals surface area contributed by atoms with Gasteiger partial charge in [0.1, 0.15) is 15.8 Å². The highest BCUT2D eigenvalue weighted by Crippen LogP contribution is 2.34. The van der Waals surface area contributed by atoms with E-state index in [9.17, 15) is 9.59 Å². The molecule has 2 aliphatic rings. The largest absolute Gasteiger partial charge is 0.355 e. The molecule has 0 spiro atoms. The van der Waals surface area contributed by atoms with Crippen LogP contribution in [0.5, 0.6) is 0 Å². The maximum Gasteiger partial charge on any atom is 0.267 e. The smallest absolute Gasteiger partial charge is 0.267 e. The first-order valence-corrected chi connectivity index (χ1v) is 12.0. The Bertz CT molecular complexity index is 1130. The summed E-state index contributed by atoms with van der Waals surface area (Å²) in [4.78, 5) is 35.8. The quantitative estimate of drug-likeness (QED) is 0.510. The van der Waals surface area contributed by atoms with E-state index in [2.05, 4.69) is 18.7 Å². The summed E-state index contributed by atoms with van der Waals surface area (Å²) in [5, 5.41) is 0. The number of nitrogens with zero attached hydrogens (tertiary/aromatic N) is 4. The monoisotopic (exact) mass is 456 g/mol.